The fraction of sp³-hybridized carbons (Fsp3) is 0.571. The van der Waals surface area contributed by atoms with Gasteiger partial charge in [-0.2, -0.15) is 5.10 Å². The summed E-state index contributed by atoms with van der Waals surface area (Å²) < 4.78 is 7.59. The van der Waals surface area contributed by atoms with Crippen LogP contribution in [-0.2, 0) is 13.2 Å². The highest BCUT2D eigenvalue weighted by molar-refractivity contribution is 7.09. The monoisotopic (exact) mass is 294 g/mol. The first kappa shape index (κ1) is 15.0. The molecule has 0 spiro atoms. The molecule has 0 unspecified atom stereocenters. The summed E-state index contributed by atoms with van der Waals surface area (Å²) >= 11 is 1.66. The molecule has 20 heavy (non-hydrogen) atoms. The molecule has 0 aliphatic carbocycles. The van der Waals surface area contributed by atoms with Crippen molar-refractivity contribution in [1.29, 1.82) is 0 Å². The molecule has 0 fully saturated rings. The molecule has 0 bridgehead atoms. The van der Waals surface area contributed by atoms with Gasteiger partial charge in [-0.1, -0.05) is 13.8 Å². The van der Waals surface area contributed by atoms with Gasteiger partial charge in [-0.05, 0) is 13.8 Å². The van der Waals surface area contributed by atoms with Crippen LogP contribution < -0.4 is 10.1 Å². The van der Waals surface area contributed by atoms with Gasteiger partial charge in [-0.3, -0.25) is 4.68 Å². The first-order valence-electron chi connectivity index (χ1n) is 6.88. The zero-order valence-corrected chi connectivity index (χ0v) is 13.3. The molecule has 2 rings (SSSR count). The van der Waals surface area contributed by atoms with Crippen LogP contribution in [0.2, 0.25) is 0 Å². The molecule has 6 heteroatoms. The van der Waals surface area contributed by atoms with Crippen LogP contribution in [-0.4, -0.2) is 20.8 Å². The maximum atomic E-state index is 5.70. The van der Waals surface area contributed by atoms with Crippen molar-refractivity contribution < 1.29 is 4.74 Å². The van der Waals surface area contributed by atoms with Crippen LogP contribution in [0.25, 0.3) is 0 Å². The lowest BCUT2D eigenvalue weighted by Gasteiger charge is -2.04. The summed E-state index contributed by atoms with van der Waals surface area (Å²) in [5, 5.41) is 10.7. The Morgan fingerprint density at radius 2 is 2.15 bits per heavy atom. The molecule has 2 aromatic rings. The van der Waals surface area contributed by atoms with E-state index < -0.39 is 0 Å². The van der Waals surface area contributed by atoms with Gasteiger partial charge >= 0.3 is 0 Å². The maximum absolute atomic E-state index is 5.70. The van der Waals surface area contributed by atoms with Gasteiger partial charge in [0.1, 0.15) is 11.6 Å². The van der Waals surface area contributed by atoms with E-state index in [2.05, 4.69) is 43.1 Å². The van der Waals surface area contributed by atoms with Crippen LogP contribution >= 0.6 is 11.3 Å². The second-order valence-electron chi connectivity index (χ2n) is 5.31. The van der Waals surface area contributed by atoms with Crippen molar-refractivity contribution in [3.8, 4) is 5.75 Å². The maximum Gasteiger partial charge on any atom is 0.157 e. The van der Waals surface area contributed by atoms with E-state index in [0.717, 1.165) is 23.0 Å². The summed E-state index contributed by atoms with van der Waals surface area (Å²) in [5.74, 6) is 0.786. The van der Waals surface area contributed by atoms with Gasteiger partial charge in [0.15, 0.2) is 5.75 Å². The van der Waals surface area contributed by atoms with E-state index in [9.17, 15) is 0 Å². The molecule has 2 aromatic heterocycles. The minimum Gasteiger partial charge on any atom is -0.484 e. The average molecular weight is 294 g/mol. The van der Waals surface area contributed by atoms with Crippen molar-refractivity contribution in [2.24, 2.45) is 0 Å². The average Bonchev–Trinajstić information content (AvgIpc) is 3.03. The second-order valence-corrected chi connectivity index (χ2v) is 6.25. The molecule has 2 heterocycles. The first-order chi connectivity index (χ1) is 9.54. The Morgan fingerprint density at radius 1 is 1.35 bits per heavy atom. The zero-order valence-electron chi connectivity index (χ0n) is 12.5. The van der Waals surface area contributed by atoms with E-state index in [1.54, 1.807) is 17.5 Å². The van der Waals surface area contributed by atoms with Crippen LogP contribution in [0.4, 0.5) is 0 Å². The lowest BCUT2D eigenvalue weighted by Crippen LogP contribution is -2.21. The minimum absolute atomic E-state index is 0.348. The highest BCUT2D eigenvalue weighted by atomic mass is 32.1. The van der Waals surface area contributed by atoms with Gasteiger partial charge in [-0.15, -0.1) is 11.3 Å². The highest BCUT2D eigenvalue weighted by Gasteiger charge is 2.06. The topological polar surface area (TPSA) is 52.0 Å². The van der Waals surface area contributed by atoms with E-state index in [-0.39, 0.29) is 0 Å². The van der Waals surface area contributed by atoms with Gasteiger partial charge in [-0.25, -0.2) is 4.98 Å². The molecule has 1 N–H and O–H groups in total. The normalized spacial score (nSPS) is 11.5. The molecule has 110 valence electrons. The van der Waals surface area contributed by atoms with Crippen LogP contribution in [0.15, 0.2) is 17.8 Å². The number of rotatable bonds is 7. The summed E-state index contributed by atoms with van der Waals surface area (Å²) in [5.41, 5.74) is 0.966. The van der Waals surface area contributed by atoms with Crippen LogP contribution in [0.5, 0.6) is 5.75 Å². The molecule has 0 radical (unpaired) electrons. The third kappa shape index (κ3) is 4.31. The van der Waals surface area contributed by atoms with E-state index in [1.165, 1.54) is 0 Å². The molecule has 0 saturated carbocycles. The summed E-state index contributed by atoms with van der Waals surface area (Å²) in [4.78, 5) is 4.54. The third-order valence-electron chi connectivity index (χ3n) is 2.75. The van der Waals surface area contributed by atoms with E-state index in [1.807, 2.05) is 16.3 Å². The Kier molecular flexibility index (Phi) is 5.14. The summed E-state index contributed by atoms with van der Waals surface area (Å²) in [7, 11) is 0. The Morgan fingerprint density at radius 3 is 2.80 bits per heavy atom. The lowest BCUT2D eigenvalue weighted by atomic mass is 10.4. The van der Waals surface area contributed by atoms with Crippen molar-refractivity contribution in [3.63, 3.8) is 0 Å². The Balaban J connectivity index is 1.84. The lowest BCUT2D eigenvalue weighted by molar-refractivity contribution is 0.301. The number of nitrogens with zero attached hydrogens (tertiary/aromatic N) is 3. The van der Waals surface area contributed by atoms with E-state index >= 15 is 0 Å². The molecule has 0 atom stereocenters. The predicted octanol–water partition coefficient (Wildman–Crippen LogP) is 3.00. The van der Waals surface area contributed by atoms with Gasteiger partial charge in [0.25, 0.3) is 0 Å². The SMILES string of the molecule is CC(C)NCc1nc(COc2cnn(C(C)C)c2)cs1. The quantitative estimate of drug-likeness (QED) is 0.853. The Bertz CT molecular complexity index is 533. The Labute approximate surface area is 124 Å². The summed E-state index contributed by atoms with van der Waals surface area (Å²) in [6.07, 6.45) is 3.66. The molecule has 5 nitrogen and oxygen atoms in total. The number of hydrogen-bond donors (Lipinski definition) is 1. The second kappa shape index (κ2) is 6.85. The number of hydrogen-bond acceptors (Lipinski definition) is 5. The smallest absolute Gasteiger partial charge is 0.157 e. The molecular weight excluding hydrogens is 272 g/mol. The fourth-order valence-corrected chi connectivity index (χ4v) is 2.35. The van der Waals surface area contributed by atoms with Crippen molar-refractivity contribution in [3.05, 3.63) is 28.5 Å². The van der Waals surface area contributed by atoms with Gasteiger partial charge in [0.2, 0.25) is 0 Å². The molecule has 0 aliphatic heterocycles. The van der Waals surface area contributed by atoms with Crippen LogP contribution in [0.1, 0.15) is 44.4 Å². The number of nitrogens with one attached hydrogen (secondary N) is 1. The standard InChI is InChI=1S/C14H22N4OS/c1-10(2)15-6-14-17-12(9-20-14)8-19-13-5-16-18(7-13)11(3)4/h5,7,9-11,15H,6,8H2,1-4H3. The minimum atomic E-state index is 0.348. The number of thiazole rings is 1. The highest BCUT2D eigenvalue weighted by Crippen LogP contribution is 2.16. The molecular formula is C14H22N4OS. The molecule has 0 aromatic carbocycles. The number of aromatic nitrogens is 3. The van der Waals surface area contributed by atoms with E-state index in [4.69, 9.17) is 4.74 Å². The zero-order chi connectivity index (χ0) is 14.5. The predicted molar refractivity (Wildman–Crippen MR) is 81.0 cm³/mol. The largest absolute Gasteiger partial charge is 0.484 e. The van der Waals surface area contributed by atoms with Crippen molar-refractivity contribution >= 4 is 11.3 Å². The summed E-state index contributed by atoms with van der Waals surface area (Å²) in [6.45, 7) is 9.74. The van der Waals surface area contributed by atoms with E-state index in [0.29, 0.717) is 18.7 Å². The first-order valence-corrected chi connectivity index (χ1v) is 7.76. The molecule has 0 aliphatic rings. The van der Waals surface area contributed by atoms with Crippen LogP contribution in [0, 0.1) is 0 Å². The van der Waals surface area contributed by atoms with Gasteiger partial charge < -0.3 is 10.1 Å². The fourth-order valence-electron chi connectivity index (χ4n) is 1.62. The van der Waals surface area contributed by atoms with Crippen molar-refractivity contribution in [2.75, 3.05) is 0 Å². The number of ether oxygens (including phenoxy) is 1. The van der Waals surface area contributed by atoms with Gasteiger partial charge in [0, 0.05) is 24.0 Å². The van der Waals surface area contributed by atoms with Gasteiger partial charge in [0.05, 0.1) is 18.1 Å². The summed E-state index contributed by atoms with van der Waals surface area (Å²) in [6, 6.07) is 0.820. The molecule has 0 saturated heterocycles. The molecule has 0 amide bonds. The van der Waals surface area contributed by atoms with Crippen molar-refractivity contribution in [1.82, 2.24) is 20.1 Å². The van der Waals surface area contributed by atoms with Crippen molar-refractivity contribution in [2.45, 2.75) is 52.9 Å². The third-order valence-corrected chi connectivity index (χ3v) is 3.65. The van der Waals surface area contributed by atoms with Crippen LogP contribution in [0.3, 0.4) is 0 Å². The Hall–Kier alpha value is -1.40.